The maximum Gasteiger partial charge on any atom is 0.253 e. The van der Waals surface area contributed by atoms with Gasteiger partial charge in [-0.2, -0.15) is 0 Å². The summed E-state index contributed by atoms with van der Waals surface area (Å²) in [6.45, 7) is 4.91. The first kappa shape index (κ1) is 12.4. The van der Waals surface area contributed by atoms with Crippen LogP contribution in [0.15, 0.2) is 16.5 Å². The smallest absolute Gasteiger partial charge is 0.253 e. The van der Waals surface area contributed by atoms with Crippen LogP contribution in [0, 0.1) is 6.92 Å². The number of aromatic nitrogens is 1. The molecule has 1 aromatic heterocycles. The first-order valence-electron chi connectivity index (χ1n) is 4.62. The van der Waals surface area contributed by atoms with E-state index in [0.29, 0.717) is 10.7 Å². The summed E-state index contributed by atoms with van der Waals surface area (Å²) in [7, 11) is 0. The molecule has 0 saturated heterocycles. The van der Waals surface area contributed by atoms with E-state index in [1.165, 1.54) is 18.3 Å². The Bertz CT molecular complexity index is 462. The molecule has 5 nitrogen and oxygen atoms in total. The van der Waals surface area contributed by atoms with Crippen LogP contribution in [0.4, 0.5) is 5.13 Å². The summed E-state index contributed by atoms with van der Waals surface area (Å²) in [5, 5.41) is 4.94. The lowest BCUT2D eigenvalue weighted by Crippen LogP contribution is -2.19. The topological polar surface area (TPSA) is 85.1 Å². The molecule has 0 aliphatic heterocycles. The van der Waals surface area contributed by atoms with E-state index >= 15 is 0 Å². The highest BCUT2D eigenvalue weighted by Crippen LogP contribution is 2.15. The molecule has 0 atom stereocenters. The van der Waals surface area contributed by atoms with Crippen LogP contribution in [-0.2, 0) is 9.59 Å². The average Bonchev–Trinajstić information content (AvgIpc) is 2.61. The number of thiazole rings is 1. The monoisotopic (exact) mass is 239 g/mol. The number of carbonyl (C=O) groups excluding carboxylic acids is 2. The van der Waals surface area contributed by atoms with E-state index in [9.17, 15) is 9.59 Å². The highest BCUT2D eigenvalue weighted by atomic mass is 32.1. The minimum atomic E-state index is -0.594. The van der Waals surface area contributed by atoms with Crippen molar-refractivity contribution in [2.45, 2.75) is 20.8 Å². The van der Waals surface area contributed by atoms with Crippen LogP contribution < -0.4 is 11.1 Å². The van der Waals surface area contributed by atoms with Crippen molar-refractivity contribution in [3.05, 3.63) is 22.2 Å². The van der Waals surface area contributed by atoms with Gasteiger partial charge in [-0.15, -0.1) is 11.3 Å². The number of hydrogen-bond acceptors (Lipinski definition) is 4. The van der Waals surface area contributed by atoms with Gasteiger partial charge in [0.25, 0.3) is 5.91 Å². The van der Waals surface area contributed by atoms with Crippen molar-refractivity contribution in [2.75, 3.05) is 5.32 Å². The number of nitrogens with zero attached hydrogens (tertiary/aromatic N) is 1. The van der Waals surface area contributed by atoms with Crippen molar-refractivity contribution < 1.29 is 9.59 Å². The molecule has 0 radical (unpaired) electrons. The van der Waals surface area contributed by atoms with Crippen LogP contribution >= 0.6 is 11.3 Å². The Morgan fingerprint density at radius 3 is 2.44 bits per heavy atom. The predicted octanol–water partition coefficient (Wildman–Crippen LogP) is 1.21. The van der Waals surface area contributed by atoms with Crippen molar-refractivity contribution in [3.8, 4) is 0 Å². The zero-order valence-corrected chi connectivity index (χ0v) is 10.1. The molecular weight excluding hydrogens is 226 g/mol. The lowest BCUT2D eigenvalue weighted by Gasteiger charge is -2.04. The third-order valence-corrected chi connectivity index (χ3v) is 2.99. The van der Waals surface area contributed by atoms with Crippen LogP contribution in [0.5, 0.6) is 0 Å². The minimum absolute atomic E-state index is 0.255. The molecule has 0 unspecified atom stereocenters. The first-order valence-corrected chi connectivity index (χ1v) is 5.50. The van der Waals surface area contributed by atoms with Gasteiger partial charge >= 0.3 is 0 Å². The summed E-state index contributed by atoms with van der Waals surface area (Å²) in [5.74, 6) is -0.950. The Labute approximate surface area is 97.4 Å². The normalized spacial score (nSPS) is 11.9. The molecule has 0 fully saturated rings. The van der Waals surface area contributed by atoms with E-state index in [4.69, 9.17) is 5.73 Å². The van der Waals surface area contributed by atoms with Gasteiger partial charge in [-0.25, -0.2) is 4.98 Å². The standard InChI is InChI=1S/C10H13N3O2S/c1-5-4-16-10(12-5)13-9(15)7(3)6(2)8(11)14/h4H,1-3H3,(H2,11,14)(H,12,13,15)/b7-6+. The van der Waals surface area contributed by atoms with Crippen molar-refractivity contribution in [3.63, 3.8) is 0 Å². The lowest BCUT2D eigenvalue weighted by molar-refractivity contribution is -0.116. The summed E-state index contributed by atoms with van der Waals surface area (Å²) in [4.78, 5) is 26.6. The highest BCUT2D eigenvalue weighted by Gasteiger charge is 2.12. The maximum atomic E-state index is 11.7. The third kappa shape index (κ3) is 2.90. The summed E-state index contributed by atoms with van der Waals surface area (Å²) >= 11 is 1.33. The second-order valence-electron chi connectivity index (χ2n) is 3.36. The van der Waals surface area contributed by atoms with Crippen molar-refractivity contribution in [2.24, 2.45) is 5.73 Å². The van der Waals surface area contributed by atoms with Gasteiger partial charge in [0, 0.05) is 16.5 Å². The number of rotatable bonds is 3. The number of amides is 2. The summed E-state index contributed by atoms with van der Waals surface area (Å²) < 4.78 is 0. The molecule has 3 N–H and O–H groups in total. The molecule has 86 valence electrons. The summed E-state index contributed by atoms with van der Waals surface area (Å²) in [6, 6.07) is 0. The van der Waals surface area contributed by atoms with Crippen LogP contribution in [0.2, 0.25) is 0 Å². The molecule has 0 aliphatic rings. The van der Waals surface area contributed by atoms with Crippen molar-refractivity contribution in [1.29, 1.82) is 0 Å². The van der Waals surface area contributed by atoms with Gasteiger partial charge < -0.3 is 5.73 Å². The van der Waals surface area contributed by atoms with Crippen LogP contribution in [0.25, 0.3) is 0 Å². The fourth-order valence-electron chi connectivity index (χ4n) is 0.957. The minimum Gasteiger partial charge on any atom is -0.366 e. The maximum absolute atomic E-state index is 11.7. The highest BCUT2D eigenvalue weighted by molar-refractivity contribution is 7.13. The van der Waals surface area contributed by atoms with E-state index in [-0.39, 0.29) is 11.5 Å². The largest absolute Gasteiger partial charge is 0.366 e. The van der Waals surface area contributed by atoms with Gasteiger partial charge in [0.15, 0.2) is 5.13 Å². The average molecular weight is 239 g/mol. The molecule has 1 rings (SSSR count). The van der Waals surface area contributed by atoms with E-state index in [2.05, 4.69) is 10.3 Å². The van der Waals surface area contributed by atoms with Gasteiger partial charge in [0.05, 0.1) is 5.69 Å². The fraction of sp³-hybridized carbons (Fsp3) is 0.300. The van der Waals surface area contributed by atoms with Crippen LogP contribution in [-0.4, -0.2) is 16.8 Å². The van der Waals surface area contributed by atoms with E-state index in [0.717, 1.165) is 5.69 Å². The molecular formula is C10H13N3O2S. The Hall–Kier alpha value is -1.69. The fourth-order valence-corrected chi connectivity index (χ4v) is 1.64. The second kappa shape index (κ2) is 4.89. The number of carbonyl (C=O) groups is 2. The third-order valence-electron chi connectivity index (χ3n) is 2.11. The number of anilines is 1. The molecule has 0 bridgehead atoms. The van der Waals surface area contributed by atoms with Crippen LogP contribution in [0.1, 0.15) is 19.5 Å². The number of nitrogens with two attached hydrogens (primary N) is 1. The number of primary amides is 1. The molecule has 6 heteroatoms. The van der Waals surface area contributed by atoms with Gasteiger partial charge in [-0.05, 0) is 20.8 Å². The Morgan fingerprint density at radius 2 is 2.00 bits per heavy atom. The van der Waals surface area contributed by atoms with Crippen molar-refractivity contribution in [1.82, 2.24) is 4.98 Å². The van der Waals surface area contributed by atoms with Gasteiger partial charge in [-0.1, -0.05) is 0 Å². The van der Waals surface area contributed by atoms with E-state index < -0.39 is 5.91 Å². The molecule has 16 heavy (non-hydrogen) atoms. The number of aryl methyl sites for hydroxylation is 1. The lowest BCUT2D eigenvalue weighted by atomic mass is 10.1. The Morgan fingerprint density at radius 1 is 1.38 bits per heavy atom. The Kier molecular flexibility index (Phi) is 3.78. The summed E-state index contributed by atoms with van der Waals surface area (Å²) in [5.41, 5.74) is 6.48. The zero-order valence-electron chi connectivity index (χ0n) is 9.33. The zero-order chi connectivity index (χ0) is 12.3. The molecule has 1 heterocycles. The SMILES string of the molecule is C/C(C(N)=O)=C(/C)C(=O)Nc1nc(C)cs1. The summed E-state index contributed by atoms with van der Waals surface area (Å²) in [6.07, 6.45) is 0. The van der Waals surface area contributed by atoms with Gasteiger partial charge in [-0.3, -0.25) is 14.9 Å². The molecule has 0 spiro atoms. The quantitative estimate of drug-likeness (QED) is 0.777. The van der Waals surface area contributed by atoms with E-state index in [1.807, 2.05) is 12.3 Å². The molecule has 2 amide bonds. The number of hydrogen-bond donors (Lipinski definition) is 2. The molecule has 0 saturated carbocycles. The van der Waals surface area contributed by atoms with Gasteiger partial charge in [0.1, 0.15) is 0 Å². The Balaban J connectivity index is 2.81. The van der Waals surface area contributed by atoms with E-state index in [1.54, 1.807) is 6.92 Å². The predicted molar refractivity (Wildman–Crippen MR) is 63.0 cm³/mol. The van der Waals surface area contributed by atoms with Gasteiger partial charge in [0.2, 0.25) is 5.91 Å². The molecule has 0 aromatic carbocycles. The molecule has 0 aliphatic carbocycles. The second-order valence-corrected chi connectivity index (χ2v) is 4.22. The molecule has 1 aromatic rings. The van der Waals surface area contributed by atoms with Crippen LogP contribution in [0.3, 0.4) is 0 Å². The number of nitrogens with one attached hydrogen (secondary N) is 1. The first-order chi connectivity index (χ1) is 7.41. The van der Waals surface area contributed by atoms with Crippen molar-refractivity contribution >= 4 is 28.3 Å².